The number of hydrogen-bond acceptors (Lipinski definition) is 2. The normalized spacial score (nSPS) is 14.5. The predicted octanol–water partition coefficient (Wildman–Crippen LogP) is 4.77. The Balaban J connectivity index is 2.04. The van der Waals surface area contributed by atoms with Crippen molar-refractivity contribution in [3.8, 4) is 5.75 Å². The third kappa shape index (κ3) is 3.37. The molecule has 0 amide bonds. The average Bonchev–Trinajstić information content (AvgIpc) is 2.95. The van der Waals surface area contributed by atoms with Crippen LogP contribution in [0.3, 0.4) is 0 Å². The minimum absolute atomic E-state index is 0.150. The van der Waals surface area contributed by atoms with Crippen LogP contribution in [0, 0.1) is 0 Å². The Morgan fingerprint density at radius 3 is 2.33 bits per heavy atom. The van der Waals surface area contributed by atoms with E-state index in [4.69, 9.17) is 4.74 Å². The van der Waals surface area contributed by atoms with E-state index in [9.17, 15) is 27.1 Å². The first-order valence-corrected chi connectivity index (χ1v) is 7.98. The van der Waals surface area contributed by atoms with Crippen molar-refractivity contribution in [2.45, 2.75) is 24.8 Å². The van der Waals surface area contributed by atoms with Crippen molar-refractivity contribution in [2.24, 2.45) is 7.05 Å². The second kappa shape index (κ2) is 6.84. The van der Waals surface area contributed by atoms with Crippen LogP contribution in [0.15, 0.2) is 54.7 Å². The van der Waals surface area contributed by atoms with Gasteiger partial charge >= 0.3 is 6.18 Å². The summed E-state index contributed by atoms with van der Waals surface area (Å²) in [5, 5.41) is 9.73. The second-order valence-corrected chi connectivity index (χ2v) is 6.17. The minimum atomic E-state index is -5.55. The van der Waals surface area contributed by atoms with Gasteiger partial charge in [0.05, 0.1) is 0 Å². The number of fused-ring (bicyclic) bond motifs is 1. The maximum Gasteiger partial charge on any atom is 0.427 e. The van der Waals surface area contributed by atoms with Crippen LogP contribution in [-0.2, 0) is 19.3 Å². The summed E-state index contributed by atoms with van der Waals surface area (Å²) in [5.41, 5.74) is -4.08. The second-order valence-electron chi connectivity index (χ2n) is 6.17. The molecule has 1 atom stereocenters. The van der Waals surface area contributed by atoms with E-state index in [0.29, 0.717) is 0 Å². The lowest BCUT2D eigenvalue weighted by Crippen LogP contribution is -2.48. The molecule has 0 aliphatic carbocycles. The maximum atomic E-state index is 13.3. The van der Waals surface area contributed by atoms with Crippen LogP contribution in [0.1, 0.15) is 11.1 Å². The van der Waals surface area contributed by atoms with Crippen molar-refractivity contribution in [2.75, 3.05) is 0 Å². The summed E-state index contributed by atoms with van der Waals surface area (Å²) >= 11 is 0. The summed E-state index contributed by atoms with van der Waals surface area (Å²) in [5.74, 6) is 0.206. The molecule has 3 nitrogen and oxygen atoms in total. The van der Waals surface area contributed by atoms with E-state index in [-0.39, 0.29) is 23.3 Å². The first-order chi connectivity index (χ1) is 12.6. The van der Waals surface area contributed by atoms with Crippen LogP contribution in [0.2, 0.25) is 0 Å². The fraction of sp³-hybridized carbons (Fsp3) is 0.263. The standard InChI is InChI=1S/C19H16F5NO2/c1-25-10-15(18(26,17(20)21)19(22,23)24)14-9-13(7-8-16(14)25)27-11-12-5-3-2-4-6-12/h2-10,17,26H,11H2,1H3/t18-/m0/s1. The molecule has 0 unspecified atom stereocenters. The highest BCUT2D eigenvalue weighted by Crippen LogP contribution is 2.46. The molecule has 0 aliphatic heterocycles. The first-order valence-electron chi connectivity index (χ1n) is 7.98. The number of nitrogens with zero attached hydrogens (tertiary/aromatic N) is 1. The van der Waals surface area contributed by atoms with Crippen LogP contribution in [-0.4, -0.2) is 22.3 Å². The zero-order valence-corrected chi connectivity index (χ0v) is 14.2. The van der Waals surface area contributed by atoms with Crippen molar-refractivity contribution >= 4 is 10.9 Å². The number of halogens is 5. The molecule has 0 bridgehead atoms. The fourth-order valence-electron chi connectivity index (χ4n) is 2.90. The molecule has 1 N–H and O–H groups in total. The largest absolute Gasteiger partial charge is 0.489 e. The van der Waals surface area contributed by atoms with Gasteiger partial charge in [-0.1, -0.05) is 30.3 Å². The smallest absolute Gasteiger partial charge is 0.427 e. The van der Waals surface area contributed by atoms with Gasteiger partial charge < -0.3 is 14.4 Å². The van der Waals surface area contributed by atoms with E-state index in [1.807, 2.05) is 30.3 Å². The predicted molar refractivity (Wildman–Crippen MR) is 89.6 cm³/mol. The zero-order valence-electron chi connectivity index (χ0n) is 14.2. The van der Waals surface area contributed by atoms with E-state index < -0.39 is 23.8 Å². The molecule has 0 aliphatic rings. The Bertz CT molecular complexity index is 936. The van der Waals surface area contributed by atoms with E-state index in [2.05, 4.69) is 0 Å². The molecule has 27 heavy (non-hydrogen) atoms. The molecule has 3 rings (SSSR count). The topological polar surface area (TPSA) is 34.4 Å². The third-order valence-corrected chi connectivity index (χ3v) is 4.37. The summed E-state index contributed by atoms with van der Waals surface area (Å²) < 4.78 is 73.2. The molecule has 0 fully saturated rings. The fourth-order valence-corrected chi connectivity index (χ4v) is 2.90. The molecular formula is C19H16F5NO2. The Hall–Kier alpha value is -2.61. The number of rotatable bonds is 5. The highest BCUT2D eigenvalue weighted by molar-refractivity contribution is 5.86. The van der Waals surface area contributed by atoms with Crippen LogP contribution < -0.4 is 4.74 Å². The lowest BCUT2D eigenvalue weighted by atomic mass is 9.93. The average molecular weight is 385 g/mol. The molecular weight excluding hydrogens is 369 g/mol. The highest BCUT2D eigenvalue weighted by Gasteiger charge is 2.62. The van der Waals surface area contributed by atoms with Gasteiger partial charge in [0.25, 0.3) is 6.43 Å². The summed E-state index contributed by atoms with van der Waals surface area (Å²) in [4.78, 5) is 0. The van der Waals surface area contributed by atoms with Gasteiger partial charge in [-0.25, -0.2) is 8.78 Å². The van der Waals surface area contributed by atoms with E-state index in [1.165, 1.54) is 29.8 Å². The Labute approximate surface area is 151 Å². The summed E-state index contributed by atoms with van der Waals surface area (Å²) in [6, 6.07) is 13.3. The quantitative estimate of drug-likeness (QED) is 0.642. The Morgan fingerprint density at radius 2 is 1.74 bits per heavy atom. The monoisotopic (exact) mass is 385 g/mol. The number of aliphatic hydroxyl groups is 1. The van der Waals surface area contributed by atoms with Gasteiger partial charge in [0, 0.05) is 29.7 Å². The Morgan fingerprint density at radius 1 is 1.07 bits per heavy atom. The van der Waals surface area contributed by atoms with E-state index in [1.54, 1.807) is 0 Å². The molecule has 1 aromatic heterocycles. The number of benzene rings is 2. The highest BCUT2D eigenvalue weighted by atomic mass is 19.4. The minimum Gasteiger partial charge on any atom is -0.489 e. The van der Waals surface area contributed by atoms with Crippen molar-refractivity contribution in [1.29, 1.82) is 0 Å². The third-order valence-electron chi connectivity index (χ3n) is 4.37. The number of aromatic nitrogens is 1. The molecule has 0 saturated carbocycles. The first kappa shape index (κ1) is 19.2. The SMILES string of the molecule is Cn1cc([C@](O)(C(F)F)C(F)(F)F)c2cc(OCc3ccccc3)ccc21. The lowest BCUT2D eigenvalue weighted by Gasteiger charge is -2.29. The molecule has 144 valence electrons. The van der Waals surface area contributed by atoms with Gasteiger partial charge in [-0.2, -0.15) is 13.2 Å². The number of ether oxygens (including phenoxy) is 1. The molecule has 0 saturated heterocycles. The van der Waals surface area contributed by atoms with Crippen LogP contribution in [0.25, 0.3) is 10.9 Å². The molecule has 2 aromatic carbocycles. The van der Waals surface area contributed by atoms with Crippen LogP contribution >= 0.6 is 0 Å². The van der Waals surface area contributed by atoms with Crippen molar-refractivity contribution in [1.82, 2.24) is 4.57 Å². The number of aryl methyl sites for hydroxylation is 1. The van der Waals surface area contributed by atoms with Crippen LogP contribution in [0.4, 0.5) is 22.0 Å². The van der Waals surface area contributed by atoms with Gasteiger partial charge in [-0.05, 0) is 23.8 Å². The zero-order chi connectivity index (χ0) is 19.8. The number of alkyl halides is 5. The molecule has 0 radical (unpaired) electrons. The van der Waals surface area contributed by atoms with Gasteiger partial charge in [-0.3, -0.25) is 0 Å². The van der Waals surface area contributed by atoms with Crippen LogP contribution in [0.5, 0.6) is 5.75 Å². The maximum absolute atomic E-state index is 13.3. The van der Waals surface area contributed by atoms with Crippen molar-refractivity contribution < 1.29 is 31.8 Å². The van der Waals surface area contributed by atoms with Crippen molar-refractivity contribution in [3.05, 3.63) is 65.9 Å². The summed E-state index contributed by atoms with van der Waals surface area (Å²) in [6.45, 7) is 0.160. The van der Waals surface area contributed by atoms with Gasteiger partial charge in [0.1, 0.15) is 12.4 Å². The van der Waals surface area contributed by atoms with Crippen molar-refractivity contribution in [3.63, 3.8) is 0 Å². The van der Waals surface area contributed by atoms with Gasteiger partial charge in [0.15, 0.2) is 0 Å². The van der Waals surface area contributed by atoms with Gasteiger partial charge in [-0.15, -0.1) is 0 Å². The summed E-state index contributed by atoms with van der Waals surface area (Å²) in [7, 11) is 1.42. The number of hydrogen-bond donors (Lipinski definition) is 1. The van der Waals surface area contributed by atoms with E-state index >= 15 is 0 Å². The molecule has 3 aromatic rings. The Kier molecular flexibility index (Phi) is 4.86. The lowest BCUT2D eigenvalue weighted by molar-refractivity contribution is -0.305. The molecule has 8 heteroatoms. The molecule has 0 spiro atoms. The molecule has 1 heterocycles. The van der Waals surface area contributed by atoms with E-state index in [0.717, 1.165) is 11.8 Å². The van der Waals surface area contributed by atoms with Gasteiger partial charge in [0.2, 0.25) is 5.60 Å². The summed E-state index contributed by atoms with van der Waals surface area (Å²) in [6.07, 6.45) is -8.72.